The Balaban J connectivity index is 1.91. The molecule has 0 radical (unpaired) electrons. The SMILES string of the molecule is CC(C)SCC1CCC1. The van der Waals surface area contributed by atoms with Gasteiger partial charge in [-0.1, -0.05) is 20.3 Å². The van der Waals surface area contributed by atoms with Gasteiger partial charge in [0.25, 0.3) is 0 Å². The Morgan fingerprint density at radius 3 is 2.44 bits per heavy atom. The molecule has 0 aromatic heterocycles. The van der Waals surface area contributed by atoms with Crippen molar-refractivity contribution in [1.29, 1.82) is 0 Å². The maximum absolute atomic E-state index is 2.28. The van der Waals surface area contributed by atoms with Crippen LogP contribution in [-0.4, -0.2) is 11.0 Å². The molecule has 0 spiro atoms. The second-order valence-corrected chi connectivity index (χ2v) is 4.79. The fourth-order valence-electron chi connectivity index (χ4n) is 0.988. The van der Waals surface area contributed by atoms with Gasteiger partial charge in [0, 0.05) is 0 Å². The van der Waals surface area contributed by atoms with Gasteiger partial charge in [-0.15, -0.1) is 0 Å². The molecule has 0 saturated heterocycles. The molecule has 1 rings (SSSR count). The molecule has 0 aromatic rings. The van der Waals surface area contributed by atoms with Gasteiger partial charge in [-0.25, -0.2) is 0 Å². The van der Waals surface area contributed by atoms with Crippen molar-refractivity contribution >= 4 is 11.8 Å². The smallest absolute Gasteiger partial charge is 0.000958 e. The van der Waals surface area contributed by atoms with Gasteiger partial charge in [0.15, 0.2) is 0 Å². The molecule has 0 aromatic carbocycles. The molecule has 0 heterocycles. The maximum Gasteiger partial charge on any atom is -0.000958 e. The topological polar surface area (TPSA) is 0 Å². The molecular weight excluding hydrogens is 128 g/mol. The molecule has 1 aliphatic carbocycles. The molecule has 0 aliphatic heterocycles. The molecular formula is C8H16S. The van der Waals surface area contributed by atoms with Crippen LogP contribution in [0, 0.1) is 5.92 Å². The van der Waals surface area contributed by atoms with E-state index in [1.165, 1.54) is 25.0 Å². The lowest BCUT2D eigenvalue weighted by atomic mass is 9.87. The van der Waals surface area contributed by atoms with Gasteiger partial charge in [0.1, 0.15) is 0 Å². The van der Waals surface area contributed by atoms with Gasteiger partial charge in [-0.05, 0) is 29.8 Å². The van der Waals surface area contributed by atoms with Gasteiger partial charge in [-0.3, -0.25) is 0 Å². The lowest BCUT2D eigenvalue weighted by Crippen LogP contribution is -2.14. The molecule has 0 N–H and O–H groups in total. The summed E-state index contributed by atoms with van der Waals surface area (Å²) in [6, 6.07) is 0. The Kier molecular flexibility index (Phi) is 2.90. The zero-order valence-electron chi connectivity index (χ0n) is 6.39. The number of hydrogen-bond donors (Lipinski definition) is 0. The minimum Gasteiger partial charge on any atom is -0.159 e. The van der Waals surface area contributed by atoms with Crippen LogP contribution in [0.3, 0.4) is 0 Å². The van der Waals surface area contributed by atoms with Crippen molar-refractivity contribution in [1.82, 2.24) is 0 Å². The summed E-state index contributed by atoms with van der Waals surface area (Å²) in [5.74, 6) is 2.50. The van der Waals surface area contributed by atoms with Crippen molar-refractivity contribution < 1.29 is 0 Å². The lowest BCUT2D eigenvalue weighted by Gasteiger charge is -2.25. The minimum absolute atomic E-state index is 0.839. The Hall–Kier alpha value is 0.350. The van der Waals surface area contributed by atoms with Crippen molar-refractivity contribution in [2.24, 2.45) is 5.92 Å². The van der Waals surface area contributed by atoms with E-state index < -0.39 is 0 Å². The molecule has 0 nitrogen and oxygen atoms in total. The molecule has 1 heteroatoms. The number of hydrogen-bond acceptors (Lipinski definition) is 1. The molecule has 0 amide bonds. The predicted octanol–water partition coefficient (Wildman–Crippen LogP) is 2.93. The van der Waals surface area contributed by atoms with E-state index in [2.05, 4.69) is 25.6 Å². The summed E-state index contributed by atoms with van der Waals surface area (Å²) in [6.07, 6.45) is 4.49. The number of thioether (sulfide) groups is 1. The Bertz CT molecular complexity index is 74.6. The van der Waals surface area contributed by atoms with Crippen molar-refractivity contribution in [3.63, 3.8) is 0 Å². The quantitative estimate of drug-likeness (QED) is 0.587. The third kappa shape index (κ3) is 2.61. The van der Waals surface area contributed by atoms with Crippen LogP contribution in [0.15, 0.2) is 0 Å². The predicted molar refractivity (Wildman–Crippen MR) is 44.9 cm³/mol. The number of rotatable bonds is 3. The van der Waals surface area contributed by atoms with E-state index in [9.17, 15) is 0 Å². The summed E-state index contributed by atoms with van der Waals surface area (Å²) in [5.41, 5.74) is 0. The Morgan fingerprint density at radius 2 is 2.11 bits per heavy atom. The maximum atomic E-state index is 2.28. The third-order valence-electron chi connectivity index (χ3n) is 1.89. The van der Waals surface area contributed by atoms with Crippen LogP contribution in [0.25, 0.3) is 0 Å². The van der Waals surface area contributed by atoms with Crippen LogP contribution in [0.4, 0.5) is 0 Å². The summed E-state index contributed by atoms with van der Waals surface area (Å²) < 4.78 is 0. The van der Waals surface area contributed by atoms with Crippen LogP contribution in [0.5, 0.6) is 0 Å². The molecule has 9 heavy (non-hydrogen) atoms. The molecule has 1 saturated carbocycles. The van der Waals surface area contributed by atoms with E-state index in [1.54, 1.807) is 0 Å². The van der Waals surface area contributed by atoms with Crippen molar-refractivity contribution in [2.75, 3.05) is 5.75 Å². The van der Waals surface area contributed by atoms with Gasteiger partial charge in [-0.2, -0.15) is 11.8 Å². The van der Waals surface area contributed by atoms with Crippen LogP contribution in [0.1, 0.15) is 33.1 Å². The zero-order chi connectivity index (χ0) is 6.69. The summed E-state index contributed by atoms with van der Waals surface area (Å²) in [7, 11) is 0. The van der Waals surface area contributed by atoms with Crippen molar-refractivity contribution in [3.8, 4) is 0 Å². The van der Waals surface area contributed by atoms with E-state index >= 15 is 0 Å². The molecule has 1 fully saturated rings. The van der Waals surface area contributed by atoms with E-state index in [-0.39, 0.29) is 0 Å². The minimum atomic E-state index is 0.839. The van der Waals surface area contributed by atoms with E-state index in [0.29, 0.717) is 0 Å². The second-order valence-electron chi connectivity index (χ2n) is 3.18. The largest absolute Gasteiger partial charge is 0.159 e. The lowest BCUT2D eigenvalue weighted by molar-refractivity contribution is 0.353. The first kappa shape index (κ1) is 7.46. The summed E-state index contributed by atoms with van der Waals surface area (Å²) in [5, 5.41) is 0.839. The first-order chi connectivity index (χ1) is 4.29. The highest BCUT2D eigenvalue weighted by atomic mass is 32.2. The fraction of sp³-hybridized carbons (Fsp3) is 1.00. The Morgan fingerprint density at radius 1 is 1.44 bits per heavy atom. The summed E-state index contributed by atoms with van der Waals surface area (Å²) >= 11 is 2.12. The first-order valence-corrected chi connectivity index (χ1v) is 4.95. The van der Waals surface area contributed by atoms with Gasteiger partial charge in [0.05, 0.1) is 0 Å². The van der Waals surface area contributed by atoms with Gasteiger partial charge < -0.3 is 0 Å². The highest BCUT2D eigenvalue weighted by molar-refractivity contribution is 7.99. The van der Waals surface area contributed by atoms with Crippen LogP contribution < -0.4 is 0 Å². The fourth-order valence-corrected chi connectivity index (χ4v) is 1.98. The highest BCUT2D eigenvalue weighted by Crippen LogP contribution is 2.30. The van der Waals surface area contributed by atoms with Crippen molar-refractivity contribution in [3.05, 3.63) is 0 Å². The van der Waals surface area contributed by atoms with Crippen LogP contribution in [0.2, 0.25) is 0 Å². The third-order valence-corrected chi connectivity index (χ3v) is 3.22. The molecule has 0 bridgehead atoms. The molecule has 0 unspecified atom stereocenters. The highest BCUT2D eigenvalue weighted by Gasteiger charge is 2.16. The zero-order valence-corrected chi connectivity index (χ0v) is 7.21. The van der Waals surface area contributed by atoms with Gasteiger partial charge >= 0.3 is 0 Å². The van der Waals surface area contributed by atoms with Gasteiger partial charge in [0.2, 0.25) is 0 Å². The summed E-state index contributed by atoms with van der Waals surface area (Å²) in [6.45, 7) is 4.56. The monoisotopic (exact) mass is 144 g/mol. The molecule has 0 atom stereocenters. The molecule has 54 valence electrons. The second kappa shape index (κ2) is 3.50. The van der Waals surface area contributed by atoms with Crippen LogP contribution >= 0.6 is 11.8 Å². The summed E-state index contributed by atoms with van der Waals surface area (Å²) in [4.78, 5) is 0. The van der Waals surface area contributed by atoms with Crippen molar-refractivity contribution in [2.45, 2.75) is 38.4 Å². The van der Waals surface area contributed by atoms with E-state index in [1.807, 2.05) is 0 Å². The van der Waals surface area contributed by atoms with E-state index in [4.69, 9.17) is 0 Å². The van der Waals surface area contributed by atoms with E-state index in [0.717, 1.165) is 11.2 Å². The normalized spacial score (nSPS) is 20.3. The van der Waals surface area contributed by atoms with Crippen LogP contribution in [-0.2, 0) is 0 Å². The first-order valence-electron chi connectivity index (χ1n) is 3.90. The molecule has 1 aliphatic rings. The average Bonchev–Trinajstić information content (AvgIpc) is 1.60. The standard InChI is InChI=1S/C8H16S/c1-7(2)9-6-8-4-3-5-8/h7-8H,3-6H2,1-2H3. The average molecular weight is 144 g/mol. The Labute approximate surface area is 62.4 Å².